The zero-order chi connectivity index (χ0) is 15.3. The Bertz CT molecular complexity index is 387. The van der Waals surface area contributed by atoms with Crippen molar-refractivity contribution < 1.29 is 14.6 Å². The van der Waals surface area contributed by atoms with Gasteiger partial charge in [-0.15, -0.1) is 0 Å². The normalized spacial score (nSPS) is 26.6. The van der Waals surface area contributed by atoms with Crippen molar-refractivity contribution in [1.29, 1.82) is 0 Å². The highest BCUT2D eigenvalue weighted by molar-refractivity contribution is 5.74. The van der Waals surface area contributed by atoms with E-state index in [1.54, 1.807) is 0 Å². The van der Waals surface area contributed by atoms with E-state index < -0.39 is 0 Å². The molecule has 120 valence electrons. The van der Waals surface area contributed by atoms with Crippen LogP contribution in [0.2, 0.25) is 0 Å². The molecule has 0 radical (unpaired) electrons. The highest BCUT2D eigenvalue weighted by Gasteiger charge is 2.37. The van der Waals surface area contributed by atoms with Gasteiger partial charge in [0.25, 0.3) is 0 Å². The minimum atomic E-state index is -0.169. The summed E-state index contributed by atoms with van der Waals surface area (Å²) in [5.74, 6) is 0. The molecule has 0 aromatic carbocycles. The van der Waals surface area contributed by atoms with Gasteiger partial charge >= 0.3 is 6.03 Å². The lowest BCUT2D eigenvalue weighted by atomic mass is 9.77. The smallest absolute Gasteiger partial charge is 0.320 e. The maximum absolute atomic E-state index is 12.6. The molecule has 2 saturated heterocycles. The maximum atomic E-state index is 12.6. The molecule has 2 amide bonds. The van der Waals surface area contributed by atoms with Gasteiger partial charge in [0, 0.05) is 31.6 Å². The predicted octanol–water partition coefficient (Wildman–Crippen LogP) is 1.87. The molecule has 2 aliphatic heterocycles. The number of rotatable bonds is 3. The highest BCUT2D eigenvalue weighted by atomic mass is 16.5. The molecule has 0 spiro atoms. The van der Waals surface area contributed by atoms with E-state index in [9.17, 15) is 9.90 Å². The fourth-order valence-electron chi connectivity index (χ4n) is 3.11. The largest absolute Gasteiger partial charge is 0.396 e. The first-order valence-corrected chi connectivity index (χ1v) is 7.92. The second-order valence-corrected chi connectivity index (χ2v) is 6.55. The van der Waals surface area contributed by atoms with Crippen LogP contribution in [0.4, 0.5) is 4.79 Å². The molecule has 1 N–H and O–H groups in total. The Morgan fingerprint density at radius 1 is 1.24 bits per heavy atom. The second kappa shape index (κ2) is 7.27. The highest BCUT2D eigenvalue weighted by Crippen LogP contribution is 2.34. The molecular formula is C16H28N2O3. The number of urea groups is 1. The lowest BCUT2D eigenvalue weighted by Gasteiger charge is -2.43. The van der Waals surface area contributed by atoms with Crippen LogP contribution in [0.3, 0.4) is 0 Å². The number of carbonyl (C=O) groups excluding carboxylic acids is 1. The van der Waals surface area contributed by atoms with Crippen molar-refractivity contribution in [2.45, 2.75) is 33.1 Å². The summed E-state index contributed by atoms with van der Waals surface area (Å²) in [7, 11) is 0. The van der Waals surface area contributed by atoms with Crippen molar-refractivity contribution >= 4 is 6.03 Å². The Labute approximate surface area is 127 Å². The Balaban J connectivity index is 2.00. The maximum Gasteiger partial charge on any atom is 0.320 e. The zero-order valence-corrected chi connectivity index (χ0v) is 13.3. The molecule has 2 heterocycles. The molecule has 5 heteroatoms. The number of carbonyl (C=O) groups is 1. The van der Waals surface area contributed by atoms with E-state index in [1.807, 2.05) is 9.80 Å². The number of ether oxygens (including phenoxy) is 1. The summed E-state index contributed by atoms with van der Waals surface area (Å²) in [6.45, 7) is 8.35. The van der Waals surface area contributed by atoms with Gasteiger partial charge in [-0.1, -0.05) is 11.6 Å². The number of aliphatic hydroxyl groups excluding tert-OH is 1. The third-order valence-corrected chi connectivity index (χ3v) is 4.49. The summed E-state index contributed by atoms with van der Waals surface area (Å²) in [5.41, 5.74) is 1.09. The first kappa shape index (κ1) is 16.3. The summed E-state index contributed by atoms with van der Waals surface area (Å²) in [6.07, 6.45) is 4.98. The van der Waals surface area contributed by atoms with Gasteiger partial charge in [-0.25, -0.2) is 4.79 Å². The standard InChI is InChI=1S/C16H28N2O3/c1-14(2)4-6-16(13-19)5-3-7-18(12-16)15(20)17-8-10-21-11-9-17/h4,19H,3,5-13H2,1-2H3/t16-/m0/s1. The van der Waals surface area contributed by atoms with Crippen LogP contribution in [0.25, 0.3) is 0 Å². The summed E-state index contributed by atoms with van der Waals surface area (Å²) >= 11 is 0. The molecule has 21 heavy (non-hydrogen) atoms. The fraction of sp³-hybridized carbons (Fsp3) is 0.812. The molecule has 0 saturated carbocycles. The number of hydrogen-bond acceptors (Lipinski definition) is 3. The Kier molecular flexibility index (Phi) is 5.65. The van der Waals surface area contributed by atoms with Gasteiger partial charge in [-0.3, -0.25) is 0 Å². The first-order valence-electron chi connectivity index (χ1n) is 7.92. The third kappa shape index (κ3) is 4.20. The molecule has 2 aliphatic rings. The molecule has 2 fully saturated rings. The Morgan fingerprint density at radius 3 is 2.57 bits per heavy atom. The van der Waals surface area contributed by atoms with E-state index in [0.29, 0.717) is 32.8 Å². The molecule has 0 unspecified atom stereocenters. The van der Waals surface area contributed by atoms with E-state index in [2.05, 4.69) is 19.9 Å². The molecule has 0 bridgehead atoms. The van der Waals surface area contributed by atoms with Gasteiger partial charge in [-0.2, -0.15) is 0 Å². The predicted molar refractivity (Wildman–Crippen MR) is 82.2 cm³/mol. The van der Waals surface area contributed by atoms with Crippen LogP contribution in [0.1, 0.15) is 33.1 Å². The van der Waals surface area contributed by atoms with Gasteiger partial charge in [0.2, 0.25) is 0 Å². The Hall–Kier alpha value is -1.07. The van der Waals surface area contributed by atoms with Crippen molar-refractivity contribution in [3.05, 3.63) is 11.6 Å². The molecule has 5 nitrogen and oxygen atoms in total. The average molecular weight is 296 g/mol. The fourth-order valence-corrected chi connectivity index (χ4v) is 3.11. The number of piperidine rings is 1. The Morgan fingerprint density at radius 2 is 1.95 bits per heavy atom. The molecule has 0 aromatic heterocycles. The molecule has 2 rings (SSSR count). The van der Waals surface area contributed by atoms with Crippen molar-refractivity contribution in [2.24, 2.45) is 5.41 Å². The van der Waals surface area contributed by atoms with Crippen LogP contribution in [0.15, 0.2) is 11.6 Å². The van der Waals surface area contributed by atoms with Crippen LogP contribution < -0.4 is 0 Å². The van der Waals surface area contributed by atoms with Gasteiger partial charge in [-0.05, 0) is 33.1 Å². The topological polar surface area (TPSA) is 53.0 Å². The van der Waals surface area contributed by atoms with Gasteiger partial charge < -0.3 is 19.6 Å². The van der Waals surface area contributed by atoms with Crippen molar-refractivity contribution in [1.82, 2.24) is 9.80 Å². The van der Waals surface area contributed by atoms with Crippen molar-refractivity contribution in [3.8, 4) is 0 Å². The minimum absolute atomic E-state index is 0.105. The van der Waals surface area contributed by atoms with Crippen LogP contribution in [-0.4, -0.2) is 66.9 Å². The van der Waals surface area contributed by atoms with Crippen LogP contribution in [0, 0.1) is 5.41 Å². The van der Waals surface area contributed by atoms with Gasteiger partial charge in [0.15, 0.2) is 0 Å². The number of morpholine rings is 1. The SMILES string of the molecule is CC(C)=CC[C@@]1(CO)CCCN(C(=O)N2CCOCC2)C1. The number of nitrogens with zero attached hydrogens (tertiary/aromatic N) is 2. The van der Waals surface area contributed by atoms with E-state index in [4.69, 9.17) is 4.74 Å². The lowest BCUT2D eigenvalue weighted by Crippen LogP contribution is -2.54. The summed E-state index contributed by atoms with van der Waals surface area (Å²) in [5, 5.41) is 9.86. The first-order chi connectivity index (χ1) is 10.1. The number of hydrogen-bond donors (Lipinski definition) is 1. The molecule has 0 aromatic rings. The van der Waals surface area contributed by atoms with E-state index >= 15 is 0 Å². The number of aliphatic hydroxyl groups is 1. The van der Waals surface area contributed by atoms with E-state index in [-0.39, 0.29) is 18.1 Å². The van der Waals surface area contributed by atoms with E-state index in [1.165, 1.54) is 5.57 Å². The van der Waals surface area contributed by atoms with Crippen molar-refractivity contribution in [3.63, 3.8) is 0 Å². The number of allylic oxidation sites excluding steroid dienone is 2. The average Bonchev–Trinajstić information content (AvgIpc) is 2.53. The zero-order valence-electron chi connectivity index (χ0n) is 13.3. The van der Waals surface area contributed by atoms with E-state index in [0.717, 1.165) is 25.8 Å². The molecule has 0 aliphatic carbocycles. The monoisotopic (exact) mass is 296 g/mol. The minimum Gasteiger partial charge on any atom is -0.396 e. The molecule has 1 atom stereocenters. The number of amides is 2. The summed E-state index contributed by atoms with van der Waals surface area (Å²) in [6, 6.07) is 0.105. The van der Waals surface area contributed by atoms with Gasteiger partial charge in [0.1, 0.15) is 0 Å². The van der Waals surface area contributed by atoms with Crippen molar-refractivity contribution in [2.75, 3.05) is 46.0 Å². The van der Waals surface area contributed by atoms with Crippen LogP contribution in [-0.2, 0) is 4.74 Å². The second-order valence-electron chi connectivity index (χ2n) is 6.55. The van der Waals surface area contributed by atoms with Crippen LogP contribution >= 0.6 is 0 Å². The van der Waals surface area contributed by atoms with Crippen LogP contribution in [0.5, 0.6) is 0 Å². The number of likely N-dealkylation sites (tertiary alicyclic amines) is 1. The summed E-state index contributed by atoms with van der Waals surface area (Å²) < 4.78 is 5.30. The third-order valence-electron chi connectivity index (χ3n) is 4.49. The summed E-state index contributed by atoms with van der Waals surface area (Å²) in [4.78, 5) is 16.4. The van der Waals surface area contributed by atoms with Gasteiger partial charge in [0.05, 0.1) is 19.8 Å². The lowest BCUT2D eigenvalue weighted by molar-refractivity contribution is 0.0176. The molecular weight excluding hydrogens is 268 g/mol. The quantitative estimate of drug-likeness (QED) is 0.809.